The number of benzene rings is 2. The van der Waals surface area contributed by atoms with Crippen LogP contribution in [0, 0.1) is 25.5 Å². The van der Waals surface area contributed by atoms with Gasteiger partial charge in [-0.15, -0.1) is 0 Å². The largest absolute Gasteiger partial charge is 0.309 e. The molecule has 1 aromatic heterocycles. The maximum Gasteiger partial charge on any atom is 0.260 e. The molecule has 0 saturated carbocycles. The summed E-state index contributed by atoms with van der Waals surface area (Å²) in [5, 5.41) is 0.570. The van der Waals surface area contributed by atoms with Crippen molar-refractivity contribution in [2.75, 3.05) is 32.1 Å². The zero-order valence-electron chi connectivity index (χ0n) is 16.4. The first kappa shape index (κ1) is 20.4. The zero-order valence-corrected chi connectivity index (χ0v) is 17.2. The molecule has 0 bridgehead atoms. The van der Waals surface area contributed by atoms with Gasteiger partial charge in [0, 0.05) is 12.1 Å². The average Bonchev–Trinajstić information content (AvgIpc) is 3.10. The molecule has 3 rings (SSSR count). The van der Waals surface area contributed by atoms with Crippen LogP contribution in [0.2, 0.25) is 0 Å². The van der Waals surface area contributed by atoms with Gasteiger partial charge in [0.1, 0.15) is 0 Å². The Labute approximate surface area is 167 Å². The van der Waals surface area contributed by atoms with Crippen LogP contribution in [-0.2, 0) is 0 Å². The molecular formula is C21H23F2N3OS. The second kappa shape index (κ2) is 8.32. The van der Waals surface area contributed by atoms with Gasteiger partial charge in [0.15, 0.2) is 16.8 Å². The number of fused-ring (bicyclic) bond motifs is 1. The van der Waals surface area contributed by atoms with E-state index >= 15 is 0 Å². The summed E-state index contributed by atoms with van der Waals surface area (Å²) >= 11 is 1.45. The summed E-state index contributed by atoms with van der Waals surface area (Å²) < 4.78 is 28.0. The monoisotopic (exact) mass is 403 g/mol. The Hall–Kier alpha value is -2.38. The Morgan fingerprint density at radius 1 is 1.04 bits per heavy atom. The maximum absolute atomic E-state index is 13.7. The van der Waals surface area contributed by atoms with Gasteiger partial charge < -0.3 is 4.90 Å². The van der Waals surface area contributed by atoms with Crippen LogP contribution in [0.3, 0.4) is 0 Å². The fourth-order valence-electron chi connectivity index (χ4n) is 2.98. The topological polar surface area (TPSA) is 36.4 Å². The van der Waals surface area contributed by atoms with Gasteiger partial charge in [0.25, 0.3) is 5.91 Å². The second-order valence-corrected chi connectivity index (χ2v) is 8.09. The minimum atomic E-state index is -1.03. The van der Waals surface area contributed by atoms with Crippen molar-refractivity contribution < 1.29 is 13.6 Å². The highest BCUT2D eigenvalue weighted by atomic mass is 32.1. The lowest BCUT2D eigenvalue weighted by Gasteiger charge is -2.21. The smallest absolute Gasteiger partial charge is 0.260 e. The number of halogens is 2. The van der Waals surface area contributed by atoms with Crippen molar-refractivity contribution in [3.63, 3.8) is 0 Å². The first-order chi connectivity index (χ1) is 13.3. The van der Waals surface area contributed by atoms with Crippen molar-refractivity contribution in [3.8, 4) is 0 Å². The molecular weight excluding hydrogens is 380 g/mol. The minimum Gasteiger partial charge on any atom is -0.309 e. The SMILES string of the molecule is Cc1ccc(C)c2sc(N(CCCN(C)C)C(=O)c3ccc(F)c(F)c3)nc12. The van der Waals surface area contributed by atoms with Crippen LogP contribution in [0.25, 0.3) is 10.2 Å². The van der Waals surface area contributed by atoms with Crippen LogP contribution in [-0.4, -0.2) is 43.0 Å². The highest BCUT2D eigenvalue weighted by molar-refractivity contribution is 7.22. The van der Waals surface area contributed by atoms with Gasteiger partial charge in [0.05, 0.1) is 10.2 Å². The molecule has 0 atom stereocenters. The lowest BCUT2D eigenvalue weighted by Crippen LogP contribution is -2.33. The van der Waals surface area contributed by atoms with Crippen molar-refractivity contribution in [2.45, 2.75) is 20.3 Å². The number of amides is 1. The van der Waals surface area contributed by atoms with Crippen molar-refractivity contribution in [3.05, 3.63) is 58.7 Å². The standard InChI is InChI=1S/C21H23F2N3OS/c1-13-6-7-14(2)19-18(13)24-21(28-19)26(11-5-10-25(3)4)20(27)15-8-9-16(22)17(23)12-15/h6-9,12H,5,10-11H2,1-4H3. The van der Waals surface area contributed by atoms with Crippen LogP contribution < -0.4 is 4.90 Å². The molecule has 3 aromatic rings. The van der Waals surface area contributed by atoms with E-state index in [-0.39, 0.29) is 11.5 Å². The number of thiazole rings is 1. The van der Waals surface area contributed by atoms with E-state index in [1.54, 1.807) is 4.90 Å². The van der Waals surface area contributed by atoms with Crippen molar-refractivity contribution in [2.24, 2.45) is 0 Å². The predicted molar refractivity (Wildman–Crippen MR) is 110 cm³/mol. The molecule has 1 heterocycles. The number of rotatable bonds is 6. The van der Waals surface area contributed by atoms with E-state index in [1.165, 1.54) is 17.4 Å². The third kappa shape index (κ3) is 4.20. The van der Waals surface area contributed by atoms with Crippen LogP contribution in [0.5, 0.6) is 0 Å². The molecule has 2 aromatic carbocycles. The molecule has 0 unspecified atom stereocenters. The van der Waals surface area contributed by atoms with Gasteiger partial charge in [-0.1, -0.05) is 23.5 Å². The van der Waals surface area contributed by atoms with E-state index in [0.717, 1.165) is 46.4 Å². The molecule has 28 heavy (non-hydrogen) atoms. The number of anilines is 1. The Kier molecular flexibility index (Phi) is 6.05. The molecule has 0 aliphatic rings. The number of hydrogen-bond donors (Lipinski definition) is 0. The van der Waals surface area contributed by atoms with Crippen molar-refractivity contribution >= 4 is 32.6 Å². The normalized spacial score (nSPS) is 11.4. The lowest BCUT2D eigenvalue weighted by atomic mass is 10.1. The average molecular weight is 403 g/mol. The van der Waals surface area contributed by atoms with Gasteiger partial charge in [0.2, 0.25) is 0 Å². The lowest BCUT2D eigenvalue weighted by molar-refractivity contribution is 0.0985. The Balaban J connectivity index is 2.01. The van der Waals surface area contributed by atoms with Gasteiger partial charge in [-0.2, -0.15) is 0 Å². The molecule has 0 aliphatic heterocycles. The molecule has 0 saturated heterocycles. The molecule has 0 aliphatic carbocycles. The second-order valence-electron chi connectivity index (χ2n) is 7.12. The molecule has 0 spiro atoms. The summed E-state index contributed by atoms with van der Waals surface area (Å²) in [7, 11) is 3.93. The summed E-state index contributed by atoms with van der Waals surface area (Å²) in [6, 6.07) is 7.28. The number of carbonyl (C=O) groups is 1. The molecule has 4 nitrogen and oxygen atoms in total. The third-order valence-corrected chi connectivity index (χ3v) is 5.77. The molecule has 0 radical (unpaired) electrons. The maximum atomic E-state index is 13.7. The number of aromatic nitrogens is 1. The van der Waals surface area contributed by atoms with Crippen LogP contribution in [0.15, 0.2) is 30.3 Å². The van der Waals surface area contributed by atoms with Gasteiger partial charge in [-0.25, -0.2) is 13.8 Å². The van der Waals surface area contributed by atoms with Crippen LogP contribution >= 0.6 is 11.3 Å². The van der Waals surface area contributed by atoms with E-state index in [1.807, 2.05) is 45.0 Å². The molecule has 0 fully saturated rings. The highest BCUT2D eigenvalue weighted by Gasteiger charge is 2.23. The number of carbonyl (C=O) groups excluding carboxylic acids is 1. The first-order valence-electron chi connectivity index (χ1n) is 9.06. The summed E-state index contributed by atoms with van der Waals surface area (Å²) in [5.41, 5.74) is 3.11. The Morgan fingerprint density at radius 2 is 1.75 bits per heavy atom. The van der Waals surface area contributed by atoms with Gasteiger partial charge in [-0.3, -0.25) is 9.69 Å². The van der Waals surface area contributed by atoms with Crippen LogP contribution in [0.1, 0.15) is 27.9 Å². The quantitative estimate of drug-likeness (QED) is 0.594. The van der Waals surface area contributed by atoms with E-state index in [0.29, 0.717) is 11.7 Å². The van der Waals surface area contributed by atoms with Gasteiger partial charge in [-0.05, 0) is 70.2 Å². The van der Waals surface area contributed by atoms with Crippen molar-refractivity contribution in [1.29, 1.82) is 0 Å². The van der Waals surface area contributed by atoms with Gasteiger partial charge >= 0.3 is 0 Å². The van der Waals surface area contributed by atoms with E-state index < -0.39 is 11.6 Å². The Bertz CT molecular complexity index is 977. The van der Waals surface area contributed by atoms with Crippen molar-refractivity contribution in [1.82, 2.24) is 9.88 Å². The van der Waals surface area contributed by atoms with E-state index in [9.17, 15) is 13.6 Å². The summed E-state index contributed by atoms with van der Waals surface area (Å²) in [5.74, 6) is -2.39. The number of hydrogen-bond acceptors (Lipinski definition) is 4. The van der Waals surface area contributed by atoms with Crippen LogP contribution in [0.4, 0.5) is 13.9 Å². The minimum absolute atomic E-state index is 0.108. The number of aryl methyl sites for hydroxylation is 2. The fraction of sp³-hybridized carbons (Fsp3) is 0.333. The van der Waals surface area contributed by atoms with E-state index in [2.05, 4.69) is 0 Å². The van der Waals surface area contributed by atoms with E-state index in [4.69, 9.17) is 4.98 Å². The Morgan fingerprint density at radius 3 is 2.39 bits per heavy atom. The highest BCUT2D eigenvalue weighted by Crippen LogP contribution is 2.33. The molecule has 7 heteroatoms. The first-order valence-corrected chi connectivity index (χ1v) is 9.88. The summed E-state index contributed by atoms with van der Waals surface area (Å²) in [6.45, 7) is 5.23. The summed E-state index contributed by atoms with van der Waals surface area (Å²) in [6.07, 6.45) is 0.732. The summed E-state index contributed by atoms with van der Waals surface area (Å²) in [4.78, 5) is 21.4. The zero-order chi connectivity index (χ0) is 20.4. The molecule has 1 amide bonds. The fourth-order valence-corrected chi connectivity index (χ4v) is 4.11. The third-order valence-electron chi connectivity index (χ3n) is 4.56. The molecule has 0 N–H and O–H groups in total. The molecule has 148 valence electrons. The predicted octanol–water partition coefficient (Wildman–Crippen LogP) is 4.79. The number of nitrogens with zero attached hydrogens (tertiary/aromatic N) is 3.